The molecule has 21 heavy (non-hydrogen) atoms. The van der Waals surface area contributed by atoms with Gasteiger partial charge in [0.15, 0.2) is 5.78 Å². The Morgan fingerprint density at radius 3 is 2.29 bits per heavy atom. The van der Waals surface area contributed by atoms with Crippen LogP contribution < -0.4 is 0 Å². The molecule has 1 aromatic rings. The summed E-state index contributed by atoms with van der Waals surface area (Å²) in [5, 5.41) is 8.95. The van der Waals surface area contributed by atoms with Crippen LogP contribution in [-0.2, 0) is 14.8 Å². The van der Waals surface area contributed by atoms with Crippen molar-refractivity contribution in [2.24, 2.45) is 5.92 Å². The number of carbonyl (C=O) groups excluding carboxylic acids is 1. The maximum Gasteiger partial charge on any atom is 0.306 e. The largest absolute Gasteiger partial charge is 0.481 e. The Morgan fingerprint density at radius 1 is 1.19 bits per heavy atom. The van der Waals surface area contributed by atoms with Crippen molar-refractivity contribution in [2.45, 2.75) is 24.7 Å². The number of carboxylic acids is 1. The highest BCUT2D eigenvalue weighted by atomic mass is 32.2. The molecule has 1 fully saturated rings. The van der Waals surface area contributed by atoms with Gasteiger partial charge in [0.2, 0.25) is 10.0 Å². The second kappa shape index (κ2) is 5.95. The predicted octanol–water partition coefficient (Wildman–Crippen LogP) is 1.37. The summed E-state index contributed by atoms with van der Waals surface area (Å²) >= 11 is 0. The highest BCUT2D eigenvalue weighted by Crippen LogP contribution is 2.26. The predicted molar refractivity (Wildman–Crippen MR) is 75.6 cm³/mol. The Kier molecular flexibility index (Phi) is 4.43. The Balaban J connectivity index is 2.28. The SMILES string of the molecule is CC(=O)c1ccccc1S(=O)(=O)N1CCC(C(=O)O)CC1. The summed E-state index contributed by atoms with van der Waals surface area (Å²) in [6.07, 6.45) is 0.577. The summed E-state index contributed by atoms with van der Waals surface area (Å²) in [5.74, 6) is -1.70. The summed E-state index contributed by atoms with van der Waals surface area (Å²) in [7, 11) is -3.77. The van der Waals surface area contributed by atoms with E-state index in [-0.39, 0.29) is 42.2 Å². The number of carbonyl (C=O) groups is 2. The van der Waals surface area contributed by atoms with E-state index in [0.29, 0.717) is 0 Å². The average molecular weight is 311 g/mol. The fourth-order valence-electron chi connectivity index (χ4n) is 2.46. The first-order valence-electron chi connectivity index (χ1n) is 6.67. The molecule has 1 aliphatic heterocycles. The van der Waals surface area contributed by atoms with Crippen LogP contribution in [0.3, 0.4) is 0 Å². The fourth-order valence-corrected chi connectivity index (χ4v) is 4.17. The van der Waals surface area contributed by atoms with E-state index in [1.165, 1.54) is 23.4 Å². The van der Waals surface area contributed by atoms with Crippen LogP contribution in [0, 0.1) is 5.92 Å². The molecular weight excluding hydrogens is 294 g/mol. The number of benzene rings is 1. The number of carboxylic acid groups (broad SMARTS) is 1. The van der Waals surface area contributed by atoms with E-state index in [4.69, 9.17) is 5.11 Å². The Labute approximate surface area is 123 Å². The van der Waals surface area contributed by atoms with Gasteiger partial charge in [0.25, 0.3) is 0 Å². The minimum Gasteiger partial charge on any atom is -0.481 e. The standard InChI is InChI=1S/C14H17NO5S/c1-10(16)12-4-2-3-5-13(12)21(19,20)15-8-6-11(7-9-15)14(17)18/h2-5,11H,6-9H2,1H3,(H,17,18). The molecule has 0 aliphatic carbocycles. The van der Waals surface area contributed by atoms with E-state index in [0.717, 1.165) is 0 Å². The topological polar surface area (TPSA) is 91.8 Å². The zero-order valence-corrected chi connectivity index (χ0v) is 12.5. The van der Waals surface area contributed by atoms with Crippen molar-refractivity contribution in [1.29, 1.82) is 0 Å². The number of ketones is 1. The second-order valence-electron chi connectivity index (χ2n) is 5.07. The number of piperidine rings is 1. The van der Waals surface area contributed by atoms with Crippen molar-refractivity contribution >= 4 is 21.8 Å². The second-order valence-corrected chi connectivity index (χ2v) is 6.98. The molecule has 1 saturated heterocycles. The first-order valence-corrected chi connectivity index (χ1v) is 8.11. The summed E-state index contributed by atoms with van der Waals surface area (Å²) in [4.78, 5) is 22.5. The lowest BCUT2D eigenvalue weighted by atomic mass is 9.99. The molecule has 2 rings (SSSR count). The Bertz CT molecular complexity index is 660. The summed E-state index contributed by atoms with van der Waals surface area (Å²) < 4.78 is 26.5. The van der Waals surface area contributed by atoms with Crippen molar-refractivity contribution in [3.63, 3.8) is 0 Å². The monoisotopic (exact) mass is 311 g/mol. The quantitative estimate of drug-likeness (QED) is 0.848. The third-order valence-electron chi connectivity index (χ3n) is 3.69. The number of nitrogens with zero attached hydrogens (tertiary/aromatic N) is 1. The third kappa shape index (κ3) is 3.14. The molecule has 114 valence electrons. The lowest BCUT2D eigenvalue weighted by Crippen LogP contribution is -2.40. The van der Waals surface area contributed by atoms with Gasteiger partial charge >= 0.3 is 5.97 Å². The van der Waals surface area contributed by atoms with Gasteiger partial charge in [-0.15, -0.1) is 0 Å². The van der Waals surface area contributed by atoms with Gasteiger partial charge in [-0.2, -0.15) is 4.31 Å². The van der Waals surface area contributed by atoms with Crippen LogP contribution in [-0.4, -0.2) is 42.7 Å². The average Bonchev–Trinajstić information content (AvgIpc) is 2.47. The van der Waals surface area contributed by atoms with E-state index in [9.17, 15) is 18.0 Å². The highest BCUT2D eigenvalue weighted by molar-refractivity contribution is 7.89. The summed E-state index contributed by atoms with van der Waals surface area (Å²) in [5.41, 5.74) is 0.165. The third-order valence-corrected chi connectivity index (χ3v) is 5.64. The summed E-state index contributed by atoms with van der Waals surface area (Å²) in [6.45, 7) is 1.64. The maximum absolute atomic E-state index is 12.6. The molecule has 0 radical (unpaired) electrons. The van der Waals surface area contributed by atoms with E-state index in [1.807, 2.05) is 0 Å². The van der Waals surface area contributed by atoms with E-state index in [1.54, 1.807) is 12.1 Å². The molecule has 0 unspecified atom stereocenters. The zero-order chi connectivity index (χ0) is 15.6. The molecule has 0 spiro atoms. The molecule has 1 N–H and O–H groups in total. The maximum atomic E-state index is 12.6. The van der Waals surface area contributed by atoms with Gasteiger partial charge in [-0.05, 0) is 25.8 Å². The van der Waals surface area contributed by atoms with Gasteiger partial charge in [-0.1, -0.05) is 18.2 Å². The van der Waals surface area contributed by atoms with Crippen LogP contribution in [0.25, 0.3) is 0 Å². The van der Waals surface area contributed by atoms with Crippen molar-refractivity contribution in [2.75, 3.05) is 13.1 Å². The number of sulfonamides is 1. The van der Waals surface area contributed by atoms with Gasteiger partial charge in [-0.25, -0.2) is 8.42 Å². The Hall–Kier alpha value is -1.73. The lowest BCUT2D eigenvalue weighted by Gasteiger charge is -2.29. The van der Waals surface area contributed by atoms with Crippen LogP contribution >= 0.6 is 0 Å². The summed E-state index contributed by atoms with van der Waals surface area (Å²) in [6, 6.07) is 6.09. The molecule has 6 nitrogen and oxygen atoms in total. The number of hydrogen-bond donors (Lipinski definition) is 1. The normalized spacial score (nSPS) is 17.6. The molecule has 0 atom stereocenters. The molecule has 0 amide bonds. The molecule has 0 saturated carbocycles. The number of aliphatic carboxylic acids is 1. The van der Waals surface area contributed by atoms with Gasteiger partial charge in [0.05, 0.1) is 10.8 Å². The van der Waals surface area contributed by atoms with Crippen LogP contribution in [0.4, 0.5) is 0 Å². The first kappa shape index (κ1) is 15.7. The van der Waals surface area contributed by atoms with Crippen molar-refractivity contribution in [1.82, 2.24) is 4.31 Å². The molecule has 7 heteroatoms. The van der Waals surface area contributed by atoms with E-state index in [2.05, 4.69) is 0 Å². The van der Waals surface area contributed by atoms with Gasteiger partial charge in [0.1, 0.15) is 0 Å². The van der Waals surface area contributed by atoms with E-state index < -0.39 is 21.9 Å². The lowest BCUT2D eigenvalue weighted by molar-refractivity contribution is -0.142. The van der Waals surface area contributed by atoms with Crippen molar-refractivity contribution < 1.29 is 23.1 Å². The van der Waals surface area contributed by atoms with Crippen molar-refractivity contribution in [3.05, 3.63) is 29.8 Å². The smallest absolute Gasteiger partial charge is 0.306 e. The van der Waals surface area contributed by atoms with Crippen LogP contribution in [0.1, 0.15) is 30.1 Å². The fraction of sp³-hybridized carbons (Fsp3) is 0.429. The molecule has 1 aliphatic rings. The van der Waals surface area contributed by atoms with Gasteiger partial charge < -0.3 is 5.11 Å². The molecule has 0 bridgehead atoms. The number of rotatable bonds is 4. The molecule has 0 aromatic heterocycles. The van der Waals surface area contributed by atoms with E-state index >= 15 is 0 Å². The Morgan fingerprint density at radius 2 is 1.76 bits per heavy atom. The zero-order valence-electron chi connectivity index (χ0n) is 11.7. The molecular formula is C14H17NO5S. The van der Waals surface area contributed by atoms with Gasteiger partial charge in [-0.3, -0.25) is 9.59 Å². The van der Waals surface area contributed by atoms with Gasteiger partial charge in [0, 0.05) is 18.7 Å². The molecule has 1 heterocycles. The van der Waals surface area contributed by atoms with Crippen LogP contribution in [0.5, 0.6) is 0 Å². The van der Waals surface area contributed by atoms with Crippen LogP contribution in [0.2, 0.25) is 0 Å². The van der Waals surface area contributed by atoms with Crippen molar-refractivity contribution in [3.8, 4) is 0 Å². The highest BCUT2D eigenvalue weighted by Gasteiger charge is 2.33. The van der Waals surface area contributed by atoms with Crippen LogP contribution in [0.15, 0.2) is 29.2 Å². The number of Topliss-reactive ketones (excluding diaryl/α,β-unsaturated/α-hetero) is 1. The molecule has 1 aromatic carbocycles. The minimum atomic E-state index is -3.77. The first-order chi connectivity index (χ1) is 9.84. The number of hydrogen-bond acceptors (Lipinski definition) is 4. The minimum absolute atomic E-state index is 0.00808.